The summed E-state index contributed by atoms with van der Waals surface area (Å²) in [4.78, 5) is 24.6. The summed E-state index contributed by atoms with van der Waals surface area (Å²) in [5.74, 6) is 0.542. The van der Waals surface area contributed by atoms with Crippen LogP contribution in [0.2, 0.25) is 0 Å². The highest BCUT2D eigenvalue weighted by molar-refractivity contribution is 5.82. The summed E-state index contributed by atoms with van der Waals surface area (Å²) < 4.78 is 10.6. The van der Waals surface area contributed by atoms with Crippen molar-refractivity contribution in [2.75, 3.05) is 7.11 Å². The van der Waals surface area contributed by atoms with Gasteiger partial charge in [0, 0.05) is 30.0 Å². The summed E-state index contributed by atoms with van der Waals surface area (Å²) in [5, 5.41) is 3.77. The van der Waals surface area contributed by atoms with Crippen LogP contribution in [0.3, 0.4) is 0 Å². The maximum Gasteiger partial charge on any atom is 0.339 e. The molecule has 0 spiro atoms. The van der Waals surface area contributed by atoms with E-state index < -0.39 is 5.63 Å². The Morgan fingerprint density at radius 2 is 1.93 bits per heavy atom. The lowest BCUT2D eigenvalue weighted by Gasteiger charge is -2.10. The summed E-state index contributed by atoms with van der Waals surface area (Å²) in [6.07, 6.45) is 0.578. The lowest BCUT2D eigenvalue weighted by molar-refractivity contribution is -0.121. The molecule has 0 atom stereocenters. The number of ether oxygens (including phenoxy) is 1. The van der Waals surface area contributed by atoms with Crippen LogP contribution in [-0.2, 0) is 17.8 Å². The van der Waals surface area contributed by atoms with Crippen LogP contribution < -0.4 is 15.7 Å². The van der Waals surface area contributed by atoms with Gasteiger partial charge < -0.3 is 14.5 Å². The van der Waals surface area contributed by atoms with Gasteiger partial charge in [-0.3, -0.25) is 4.79 Å². The number of rotatable bonds is 6. The molecule has 5 nitrogen and oxygen atoms in total. The highest BCUT2D eigenvalue weighted by atomic mass is 16.5. The van der Waals surface area contributed by atoms with E-state index in [1.807, 2.05) is 50.2 Å². The third-order valence-electron chi connectivity index (χ3n) is 4.83. The number of methoxy groups -OCH3 is 1. The van der Waals surface area contributed by atoms with Crippen molar-refractivity contribution in [2.24, 2.45) is 0 Å². The molecule has 0 bridgehead atoms. The number of carbonyl (C=O) groups is 1. The first-order valence-corrected chi connectivity index (χ1v) is 8.91. The number of amides is 1. The lowest BCUT2D eigenvalue weighted by Crippen LogP contribution is -2.24. The standard InChI is InChI=1S/C22H23NO4/c1-14-6-4-5-7-16(14)13-23-21(24)11-10-19-15(2)18-9-8-17(26-3)12-20(18)27-22(19)25/h4-9,12H,10-11,13H2,1-3H3,(H,23,24). The van der Waals surface area contributed by atoms with E-state index in [2.05, 4.69) is 5.32 Å². The second kappa shape index (κ2) is 8.08. The van der Waals surface area contributed by atoms with Gasteiger partial charge in [-0.1, -0.05) is 24.3 Å². The Morgan fingerprint density at radius 3 is 2.67 bits per heavy atom. The molecule has 0 unspecified atom stereocenters. The first-order chi connectivity index (χ1) is 13.0. The van der Waals surface area contributed by atoms with E-state index in [4.69, 9.17) is 9.15 Å². The van der Waals surface area contributed by atoms with Gasteiger partial charge in [-0.05, 0) is 49.1 Å². The van der Waals surface area contributed by atoms with Crippen LogP contribution >= 0.6 is 0 Å². The average molecular weight is 365 g/mol. The zero-order valence-electron chi connectivity index (χ0n) is 15.8. The van der Waals surface area contributed by atoms with Crippen molar-refractivity contribution >= 4 is 16.9 Å². The molecule has 0 saturated carbocycles. The van der Waals surface area contributed by atoms with E-state index in [9.17, 15) is 9.59 Å². The Morgan fingerprint density at radius 1 is 1.15 bits per heavy atom. The first kappa shape index (κ1) is 18.7. The monoisotopic (exact) mass is 365 g/mol. The molecule has 2 aromatic carbocycles. The molecule has 1 aromatic heterocycles. The SMILES string of the molecule is COc1ccc2c(C)c(CCC(=O)NCc3ccccc3C)c(=O)oc2c1. The number of aryl methyl sites for hydroxylation is 2. The molecule has 3 rings (SSSR count). The van der Waals surface area contributed by atoms with Crippen molar-refractivity contribution in [3.8, 4) is 5.75 Å². The minimum Gasteiger partial charge on any atom is -0.497 e. The molecule has 0 radical (unpaired) electrons. The highest BCUT2D eigenvalue weighted by Gasteiger charge is 2.13. The van der Waals surface area contributed by atoms with Gasteiger partial charge in [0.2, 0.25) is 5.91 Å². The Labute approximate surface area is 158 Å². The largest absolute Gasteiger partial charge is 0.497 e. The molecule has 0 aliphatic rings. The van der Waals surface area contributed by atoms with E-state index in [0.29, 0.717) is 29.9 Å². The Hall–Kier alpha value is -3.08. The van der Waals surface area contributed by atoms with Gasteiger partial charge in [0.25, 0.3) is 0 Å². The second-order valence-electron chi connectivity index (χ2n) is 6.56. The van der Waals surface area contributed by atoms with E-state index in [1.165, 1.54) is 0 Å². The van der Waals surface area contributed by atoms with Crippen LogP contribution in [0.5, 0.6) is 5.75 Å². The van der Waals surface area contributed by atoms with Crippen molar-refractivity contribution in [1.82, 2.24) is 5.32 Å². The lowest BCUT2D eigenvalue weighted by atomic mass is 10.0. The number of benzene rings is 2. The van der Waals surface area contributed by atoms with Crippen LogP contribution in [0.1, 0.15) is 28.7 Å². The van der Waals surface area contributed by atoms with Crippen molar-refractivity contribution < 1.29 is 13.9 Å². The molecule has 0 aliphatic heterocycles. The smallest absolute Gasteiger partial charge is 0.339 e. The first-order valence-electron chi connectivity index (χ1n) is 8.91. The van der Waals surface area contributed by atoms with E-state index in [0.717, 1.165) is 22.1 Å². The zero-order chi connectivity index (χ0) is 19.4. The Kier molecular flexibility index (Phi) is 5.60. The number of nitrogens with one attached hydrogen (secondary N) is 1. The van der Waals surface area contributed by atoms with E-state index in [-0.39, 0.29) is 12.3 Å². The van der Waals surface area contributed by atoms with Crippen LogP contribution in [0.4, 0.5) is 0 Å². The number of carbonyl (C=O) groups excluding carboxylic acids is 1. The molecule has 0 saturated heterocycles. The van der Waals surface area contributed by atoms with Gasteiger partial charge in [-0.15, -0.1) is 0 Å². The molecule has 1 amide bonds. The predicted octanol–water partition coefficient (Wildman–Crippen LogP) is 3.67. The fraction of sp³-hybridized carbons (Fsp3) is 0.273. The molecule has 1 heterocycles. The molecule has 0 aliphatic carbocycles. The van der Waals surface area contributed by atoms with Gasteiger partial charge in [0.15, 0.2) is 0 Å². The summed E-state index contributed by atoms with van der Waals surface area (Å²) >= 11 is 0. The average Bonchev–Trinajstić information content (AvgIpc) is 2.66. The van der Waals surface area contributed by atoms with Crippen molar-refractivity contribution in [1.29, 1.82) is 0 Å². The Bertz CT molecular complexity index is 1040. The van der Waals surface area contributed by atoms with Crippen LogP contribution in [-0.4, -0.2) is 13.0 Å². The van der Waals surface area contributed by atoms with Crippen molar-refractivity contribution in [3.63, 3.8) is 0 Å². The Balaban J connectivity index is 1.70. The van der Waals surface area contributed by atoms with E-state index in [1.54, 1.807) is 13.2 Å². The fourth-order valence-electron chi connectivity index (χ4n) is 3.12. The van der Waals surface area contributed by atoms with E-state index >= 15 is 0 Å². The van der Waals surface area contributed by atoms with Crippen LogP contribution in [0.15, 0.2) is 51.7 Å². The molecule has 3 aromatic rings. The minimum atomic E-state index is -0.403. The fourth-order valence-corrected chi connectivity index (χ4v) is 3.12. The van der Waals surface area contributed by atoms with Crippen molar-refractivity contribution in [2.45, 2.75) is 33.2 Å². The van der Waals surface area contributed by atoms with Crippen LogP contribution in [0, 0.1) is 13.8 Å². The maximum atomic E-state index is 12.4. The summed E-state index contributed by atoms with van der Waals surface area (Å²) in [7, 11) is 1.57. The molecule has 27 heavy (non-hydrogen) atoms. The van der Waals surface area contributed by atoms with Crippen molar-refractivity contribution in [3.05, 3.63) is 75.1 Å². The van der Waals surface area contributed by atoms with Gasteiger partial charge in [0.1, 0.15) is 11.3 Å². The topological polar surface area (TPSA) is 68.5 Å². The number of hydrogen-bond acceptors (Lipinski definition) is 4. The summed E-state index contributed by atoms with van der Waals surface area (Å²) in [6.45, 7) is 4.38. The third-order valence-corrected chi connectivity index (χ3v) is 4.83. The van der Waals surface area contributed by atoms with Gasteiger partial charge in [-0.25, -0.2) is 4.79 Å². The highest BCUT2D eigenvalue weighted by Crippen LogP contribution is 2.24. The predicted molar refractivity (Wildman–Crippen MR) is 105 cm³/mol. The zero-order valence-corrected chi connectivity index (χ0v) is 15.8. The van der Waals surface area contributed by atoms with Crippen LogP contribution in [0.25, 0.3) is 11.0 Å². The van der Waals surface area contributed by atoms with Gasteiger partial charge in [-0.2, -0.15) is 0 Å². The van der Waals surface area contributed by atoms with Gasteiger partial charge in [0.05, 0.1) is 7.11 Å². The molecule has 1 N–H and O–H groups in total. The molecular formula is C22H23NO4. The number of fused-ring (bicyclic) bond motifs is 1. The summed E-state index contributed by atoms with van der Waals surface area (Å²) in [5.41, 5.74) is 3.69. The maximum absolute atomic E-state index is 12.4. The normalized spacial score (nSPS) is 10.8. The third kappa shape index (κ3) is 4.19. The molecule has 140 valence electrons. The molecular weight excluding hydrogens is 342 g/mol. The molecule has 0 fully saturated rings. The molecule has 5 heteroatoms. The second-order valence-corrected chi connectivity index (χ2v) is 6.56. The summed E-state index contributed by atoms with van der Waals surface area (Å²) in [6, 6.07) is 13.3. The van der Waals surface area contributed by atoms with Gasteiger partial charge >= 0.3 is 5.63 Å². The number of hydrogen-bond donors (Lipinski definition) is 1. The quantitative estimate of drug-likeness (QED) is 0.677. The minimum absolute atomic E-state index is 0.0909.